The lowest BCUT2D eigenvalue weighted by molar-refractivity contribution is -0.140. The van der Waals surface area contributed by atoms with Gasteiger partial charge >= 0.3 is 5.97 Å². The number of rotatable bonds is 3. The lowest BCUT2D eigenvalue weighted by atomic mass is 9.98. The number of carbonyl (C=O) groups is 1. The maximum Gasteiger partial charge on any atom is 0.317 e. The van der Waals surface area contributed by atoms with Gasteiger partial charge in [-0.15, -0.1) is 0 Å². The van der Waals surface area contributed by atoms with Crippen LogP contribution in [0.5, 0.6) is 0 Å². The number of hydrogen-bond acceptors (Lipinski definition) is 3. The molecule has 2 unspecified atom stereocenters. The van der Waals surface area contributed by atoms with Crippen molar-refractivity contribution in [3.8, 4) is 0 Å². The van der Waals surface area contributed by atoms with Crippen molar-refractivity contribution in [1.82, 2.24) is 4.90 Å². The van der Waals surface area contributed by atoms with Crippen molar-refractivity contribution >= 4 is 17.7 Å². The SMILES string of the molecule is CC1SCCCC1N(CC(=O)O)C(C)(C)C. The predicted octanol–water partition coefficient (Wildman–Crippen LogP) is 2.46. The molecule has 1 fully saturated rings. The van der Waals surface area contributed by atoms with Gasteiger partial charge in [-0.05, 0) is 39.4 Å². The third-order valence-electron chi connectivity index (χ3n) is 3.13. The van der Waals surface area contributed by atoms with Crippen molar-refractivity contribution in [2.75, 3.05) is 12.3 Å². The fourth-order valence-electron chi connectivity index (χ4n) is 2.31. The summed E-state index contributed by atoms with van der Waals surface area (Å²) >= 11 is 1.96. The second kappa shape index (κ2) is 5.41. The average molecular weight is 245 g/mol. The van der Waals surface area contributed by atoms with Crippen molar-refractivity contribution in [2.24, 2.45) is 0 Å². The Morgan fingerprint density at radius 1 is 1.50 bits per heavy atom. The molecule has 1 rings (SSSR count). The molecule has 0 aromatic rings. The molecule has 16 heavy (non-hydrogen) atoms. The molecule has 1 saturated heterocycles. The molecular formula is C12H23NO2S. The van der Waals surface area contributed by atoms with Gasteiger partial charge in [-0.25, -0.2) is 0 Å². The molecule has 94 valence electrons. The summed E-state index contributed by atoms with van der Waals surface area (Å²) in [5.74, 6) is 0.487. The quantitative estimate of drug-likeness (QED) is 0.829. The van der Waals surface area contributed by atoms with E-state index >= 15 is 0 Å². The second-order valence-electron chi connectivity index (χ2n) is 5.48. The number of aliphatic carboxylic acids is 1. The molecule has 0 spiro atoms. The molecule has 1 heterocycles. The van der Waals surface area contributed by atoms with Gasteiger partial charge in [0.25, 0.3) is 0 Å². The van der Waals surface area contributed by atoms with Crippen LogP contribution in [0.3, 0.4) is 0 Å². The molecular weight excluding hydrogens is 222 g/mol. The normalized spacial score (nSPS) is 27.1. The van der Waals surface area contributed by atoms with E-state index in [1.54, 1.807) is 0 Å². The van der Waals surface area contributed by atoms with Gasteiger partial charge in [-0.1, -0.05) is 6.92 Å². The van der Waals surface area contributed by atoms with Gasteiger partial charge in [0.1, 0.15) is 0 Å². The summed E-state index contributed by atoms with van der Waals surface area (Å²) in [4.78, 5) is 13.1. The van der Waals surface area contributed by atoms with Crippen molar-refractivity contribution in [1.29, 1.82) is 0 Å². The van der Waals surface area contributed by atoms with Crippen LogP contribution in [0, 0.1) is 0 Å². The third kappa shape index (κ3) is 3.67. The van der Waals surface area contributed by atoms with E-state index in [1.165, 1.54) is 12.2 Å². The van der Waals surface area contributed by atoms with E-state index in [0.29, 0.717) is 11.3 Å². The Hall–Kier alpha value is -0.220. The summed E-state index contributed by atoms with van der Waals surface area (Å²) in [5, 5.41) is 9.55. The molecule has 0 aliphatic carbocycles. The smallest absolute Gasteiger partial charge is 0.317 e. The first-order valence-electron chi connectivity index (χ1n) is 5.92. The molecule has 0 radical (unpaired) electrons. The molecule has 0 bridgehead atoms. The summed E-state index contributed by atoms with van der Waals surface area (Å²) < 4.78 is 0. The van der Waals surface area contributed by atoms with Crippen LogP contribution >= 0.6 is 11.8 Å². The fraction of sp³-hybridized carbons (Fsp3) is 0.917. The Balaban J connectivity index is 2.78. The molecule has 4 heteroatoms. The number of thioether (sulfide) groups is 1. The van der Waals surface area contributed by atoms with Crippen molar-refractivity contribution < 1.29 is 9.90 Å². The lowest BCUT2D eigenvalue weighted by Gasteiger charge is -2.45. The molecule has 1 aliphatic rings. The fourth-order valence-corrected chi connectivity index (χ4v) is 3.52. The molecule has 1 N–H and O–H groups in total. The maximum absolute atomic E-state index is 11.0. The van der Waals surface area contributed by atoms with E-state index in [0.717, 1.165) is 6.42 Å². The van der Waals surface area contributed by atoms with Crippen LogP contribution in [0.15, 0.2) is 0 Å². The molecule has 0 aromatic heterocycles. The molecule has 0 amide bonds. The highest BCUT2D eigenvalue weighted by molar-refractivity contribution is 7.99. The number of carboxylic acid groups (broad SMARTS) is 1. The number of hydrogen-bond donors (Lipinski definition) is 1. The van der Waals surface area contributed by atoms with Crippen LogP contribution in [-0.4, -0.2) is 45.1 Å². The summed E-state index contributed by atoms with van der Waals surface area (Å²) in [6, 6.07) is 0.398. The van der Waals surface area contributed by atoms with Gasteiger partial charge in [0.2, 0.25) is 0 Å². The van der Waals surface area contributed by atoms with E-state index in [9.17, 15) is 4.79 Å². The van der Waals surface area contributed by atoms with Crippen molar-refractivity contribution in [2.45, 2.75) is 57.4 Å². The Morgan fingerprint density at radius 3 is 2.56 bits per heavy atom. The standard InChI is InChI=1S/C12H23NO2S/c1-9-10(6-5-7-16-9)13(8-11(14)15)12(2,3)4/h9-10H,5-8H2,1-4H3,(H,14,15). The van der Waals surface area contributed by atoms with Gasteiger partial charge in [0.15, 0.2) is 0 Å². The minimum atomic E-state index is -0.724. The molecule has 3 nitrogen and oxygen atoms in total. The molecule has 0 aromatic carbocycles. The topological polar surface area (TPSA) is 40.5 Å². The van der Waals surface area contributed by atoms with E-state index < -0.39 is 5.97 Å². The highest BCUT2D eigenvalue weighted by atomic mass is 32.2. The van der Waals surface area contributed by atoms with Gasteiger partial charge in [0, 0.05) is 16.8 Å². The Kier molecular flexibility index (Phi) is 4.68. The summed E-state index contributed by atoms with van der Waals surface area (Å²) in [6.45, 7) is 8.67. The van der Waals surface area contributed by atoms with E-state index in [-0.39, 0.29) is 12.1 Å². The van der Waals surface area contributed by atoms with Gasteiger partial charge in [0.05, 0.1) is 6.54 Å². The highest BCUT2D eigenvalue weighted by Crippen LogP contribution is 2.32. The number of carboxylic acids is 1. The minimum Gasteiger partial charge on any atom is -0.480 e. The lowest BCUT2D eigenvalue weighted by Crippen LogP contribution is -2.54. The molecule has 2 atom stereocenters. The molecule has 1 aliphatic heterocycles. The van der Waals surface area contributed by atoms with E-state index in [1.807, 2.05) is 11.8 Å². The maximum atomic E-state index is 11.0. The van der Waals surface area contributed by atoms with E-state index in [4.69, 9.17) is 5.11 Å². The van der Waals surface area contributed by atoms with Crippen LogP contribution < -0.4 is 0 Å². The Morgan fingerprint density at radius 2 is 2.12 bits per heavy atom. The van der Waals surface area contributed by atoms with Crippen LogP contribution in [0.2, 0.25) is 0 Å². The zero-order valence-corrected chi connectivity index (χ0v) is 11.5. The van der Waals surface area contributed by atoms with Crippen LogP contribution in [0.25, 0.3) is 0 Å². The zero-order chi connectivity index (χ0) is 12.3. The largest absolute Gasteiger partial charge is 0.480 e. The van der Waals surface area contributed by atoms with Gasteiger partial charge in [-0.3, -0.25) is 9.69 Å². The van der Waals surface area contributed by atoms with Gasteiger partial charge in [-0.2, -0.15) is 11.8 Å². The monoisotopic (exact) mass is 245 g/mol. The summed E-state index contributed by atoms with van der Waals surface area (Å²) in [6.07, 6.45) is 2.32. The van der Waals surface area contributed by atoms with Crippen LogP contribution in [0.4, 0.5) is 0 Å². The predicted molar refractivity (Wildman–Crippen MR) is 69.0 cm³/mol. The van der Waals surface area contributed by atoms with Crippen LogP contribution in [-0.2, 0) is 4.79 Å². The second-order valence-corrected chi connectivity index (χ2v) is 6.96. The third-order valence-corrected chi connectivity index (χ3v) is 4.50. The minimum absolute atomic E-state index is 0.0742. The van der Waals surface area contributed by atoms with Gasteiger partial charge < -0.3 is 5.11 Å². The first-order chi connectivity index (χ1) is 7.32. The Bertz CT molecular complexity index is 250. The zero-order valence-electron chi connectivity index (χ0n) is 10.7. The average Bonchev–Trinajstić information content (AvgIpc) is 2.13. The summed E-state index contributed by atoms with van der Waals surface area (Å²) in [5.41, 5.74) is -0.0742. The first-order valence-corrected chi connectivity index (χ1v) is 6.97. The number of nitrogens with zero attached hydrogens (tertiary/aromatic N) is 1. The first kappa shape index (κ1) is 13.8. The van der Waals surface area contributed by atoms with E-state index in [2.05, 4.69) is 32.6 Å². The van der Waals surface area contributed by atoms with Crippen molar-refractivity contribution in [3.63, 3.8) is 0 Å². The Labute approximate surface area is 103 Å². The highest BCUT2D eigenvalue weighted by Gasteiger charge is 2.35. The summed E-state index contributed by atoms with van der Waals surface area (Å²) in [7, 11) is 0. The van der Waals surface area contributed by atoms with Crippen LogP contribution in [0.1, 0.15) is 40.5 Å². The molecule has 0 saturated carbocycles. The van der Waals surface area contributed by atoms with Crippen molar-refractivity contribution in [3.05, 3.63) is 0 Å².